The molecule has 4 nitrogen and oxygen atoms in total. The molecule has 1 aromatic carbocycles. The molecular formula is C15H9F3N2O2S. The van der Waals surface area contributed by atoms with E-state index in [1.807, 2.05) is 0 Å². The van der Waals surface area contributed by atoms with Crippen LogP contribution in [0.2, 0.25) is 0 Å². The van der Waals surface area contributed by atoms with E-state index in [9.17, 15) is 18.0 Å². The largest absolute Gasteiger partial charge is 0.457 e. The van der Waals surface area contributed by atoms with Crippen LogP contribution in [0.25, 0.3) is 17.4 Å². The Balaban J connectivity index is 1.90. The number of carbonyl (C=O) groups excluding carboxylic acids is 1. The highest BCUT2D eigenvalue weighted by atomic mass is 32.1. The third kappa shape index (κ3) is 3.26. The summed E-state index contributed by atoms with van der Waals surface area (Å²) >= 11 is 4.80. The van der Waals surface area contributed by atoms with E-state index in [0.29, 0.717) is 11.3 Å². The molecule has 0 unspecified atom stereocenters. The minimum Gasteiger partial charge on any atom is -0.457 e. The van der Waals surface area contributed by atoms with Crippen LogP contribution in [-0.2, 0) is 11.0 Å². The molecule has 0 atom stereocenters. The summed E-state index contributed by atoms with van der Waals surface area (Å²) in [5, 5.41) is 5.24. The van der Waals surface area contributed by atoms with Crippen molar-refractivity contribution in [1.29, 1.82) is 0 Å². The molecule has 118 valence electrons. The first-order chi connectivity index (χ1) is 10.8. The van der Waals surface area contributed by atoms with Crippen LogP contribution in [0.1, 0.15) is 11.3 Å². The summed E-state index contributed by atoms with van der Waals surface area (Å²) in [6.45, 7) is 0. The molecule has 0 saturated carbocycles. The van der Waals surface area contributed by atoms with Gasteiger partial charge in [0.15, 0.2) is 5.11 Å². The highest BCUT2D eigenvalue weighted by Gasteiger charge is 2.30. The van der Waals surface area contributed by atoms with Gasteiger partial charge in [-0.3, -0.25) is 10.1 Å². The standard InChI is InChI=1S/C15H9F3N2O2S/c16-15(17,18)9-3-1-2-8(6-9)12-5-4-10(22-12)7-11-13(21)20-14(23)19-11/h1-7H,(H2,19,20,21,23)/b11-7+. The molecule has 2 heterocycles. The minimum atomic E-state index is -4.42. The lowest BCUT2D eigenvalue weighted by Gasteiger charge is -2.07. The highest BCUT2D eigenvalue weighted by molar-refractivity contribution is 7.80. The lowest BCUT2D eigenvalue weighted by molar-refractivity contribution is -0.137. The number of amides is 1. The summed E-state index contributed by atoms with van der Waals surface area (Å²) in [5.41, 5.74) is -0.253. The minimum absolute atomic E-state index is 0.186. The Kier molecular flexibility index (Phi) is 3.69. The average molecular weight is 338 g/mol. The molecule has 1 aromatic heterocycles. The maximum Gasteiger partial charge on any atom is 0.416 e. The number of carbonyl (C=O) groups is 1. The molecule has 1 aliphatic rings. The Labute approximate surface area is 134 Å². The Hall–Kier alpha value is -2.61. The predicted octanol–water partition coefficient (Wildman–Crippen LogP) is 3.31. The van der Waals surface area contributed by atoms with E-state index in [1.165, 1.54) is 24.3 Å². The number of hydrogen-bond donors (Lipinski definition) is 2. The first-order valence-electron chi connectivity index (χ1n) is 6.44. The summed E-state index contributed by atoms with van der Waals surface area (Å²) < 4.78 is 43.7. The first-order valence-corrected chi connectivity index (χ1v) is 6.85. The van der Waals surface area contributed by atoms with Crippen LogP contribution >= 0.6 is 12.2 Å². The molecule has 0 radical (unpaired) electrons. The van der Waals surface area contributed by atoms with E-state index in [0.717, 1.165) is 12.1 Å². The van der Waals surface area contributed by atoms with E-state index in [1.54, 1.807) is 6.07 Å². The van der Waals surface area contributed by atoms with Gasteiger partial charge in [-0.1, -0.05) is 12.1 Å². The number of alkyl halides is 3. The van der Waals surface area contributed by atoms with Gasteiger partial charge in [0.05, 0.1) is 5.56 Å². The molecule has 2 N–H and O–H groups in total. The van der Waals surface area contributed by atoms with E-state index in [4.69, 9.17) is 16.6 Å². The zero-order valence-electron chi connectivity index (χ0n) is 11.4. The van der Waals surface area contributed by atoms with Gasteiger partial charge >= 0.3 is 6.18 Å². The topological polar surface area (TPSA) is 54.3 Å². The molecule has 0 aliphatic carbocycles. The Morgan fingerprint density at radius 1 is 1.13 bits per heavy atom. The summed E-state index contributed by atoms with van der Waals surface area (Å²) in [5.74, 6) is 0.190. The molecule has 1 saturated heterocycles. The SMILES string of the molecule is O=C1NC(=S)N/C1=C/c1ccc(-c2cccc(C(F)(F)F)c2)o1. The van der Waals surface area contributed by atoms with Crippen LogP contribution in [0.15, 0.2) is 46.5 Å². The van der Waals surface area contributed by atoms with Gasteiger partial charge < -0.3 is 9.73 Å². The summed E-state index contributed by atoms with van der Waals surface area (Å²) in [7, 11) is 0. The molecule has 0 bridgehead atoms. The van der Waals surface area contributed by atoms with Crippen molar-refractivity contribution in [2.45, 2.75) is 6.18 Å². The van der Waals surface area contributed by atoms with Gasteiger partial charge in [-0.15, -0.1) is 0 Å². The van der Waals surface area contributed by atoms with E-state index in [-0.39, 0.29) is 16.6 Å². The highest BCUT2D eigenvalue weighted by Crippen LogP contribution is 2.32. The number of furan rings is 1. The second-order valence-electron chi connectivity index (χ2n) is 4.75. The van der Waals surface area contributed by atoms with E-state index in [2.05, 4.69) is 10.6 Å². The van der Waals surface area contributed by atoms with Gasteiger partial charge in [0.2, 0.25) is 0 Å². The first kappa shape index (κ1) is 15.3. The number of rotatable bonds is 2. The van der Waals surface area contributed by atoms with E-state index < -0.39 is 17.6 Å². The van der Waals surface area contributed by atoms with Crippen LogP contribution in [-0.4, -0.2) is 11.0 Å². The number of nitrogens with one attached hydrogen (secondary N) is 2. The number of benzene rings is 1. The Bertz CT molecular complexity index is 824. The normalized spacial score (nSPS) is 16.6. The summed E-state index contributed by atoms with van der Waals surface area (Å²) in [6, 6.07) is 7.91. The summed E-state index contributed by atoms with van der Waals surface area (Å²) in [4.78, 5) is 11.5. The van der Waals surface area contributed by atoms with Gasteiger partial charge in [-0.2, -0.15) is 13.2 Å². The zero-order valence-corrected chi connectivity index (χ0v) is 12.2. The van der Waals surface area contributed by atoms with Crippen molar-refractivity contribution in [3.05, 3.63) is 53.4 Å². The molecule has 1 aliphatic heterocycles. The maximum absolute atomic E-state index is 12.7. The van der Waals surface area contributed by atoms with Crippen LogP contribution in [0, 0.1) is 0 Å². The van der Waals surface area contributed by atoms with Gasteiger partial charge in [0.1, 0.15) is 17.2 Å². The number of hydrogen-bond acceptors (Lipinski definition) is 3. The van der Waals surface area contributed by atoms with Crippen molar-refractivity contribution in [2.75, 3.05) is 0 Å². The molecule has 8 heteroatoms. The number of halogens is 3. The average Bonchev–Trinajstić information content (AvgIpc) is 3.06. The van der Waals surface area contributed by atoms with Crippen molar-refractivity contribution in [2.24, 2.45) is 0 Å². The molecule has 1 amide bonds. The molecule has 3 rings (SSSR count). The number of thiocarbonyl (C=S) groups is 1. The lowest BCUT2D eigenvalue weighted by atomic mass is 10.1. The molecular weight excluding hydrogens is 329 g/mol. The van der Waals surface area contributed by atoms with Crippen molar-refractivity contribution in [3.8, 4) is 11.3 Å². The van der Waals surface area contributed by atoms with Crippen LogP contribution in [0.4, 0.5) is 13.2 Å². The molecule has 1 fully saturated rings. The van der Waals surface area contributed by atoms with Crippen LogP contribution in [0.3, 0.4) is 0 Å². The van der Waals surface area contributed by atoms with E-state index >= 15 is 0 Å². The van der Waals surface area contributed by atoms with Crippen molar-refractivity contribution >= 4 is 29.3 Å². The van der Waals surface area contributed by atoms with Gasteiger partial charge in [0, 0.05) is 11.6 Å². The zero-order chi connectivity index (χ0) is 16.6. The van der Waals surface area contributed by atoms with Gasteiger partial charge in [-0.25, -0.2) is 0 Å². The van der Waals surface area contributed by atoms with Crippen LogP contribution < -0.4 is 10.6 Å². The Morgan fingerprint density at radius 3 is 2.57 bits per heavy atom. The third-order valence-corrected chi connectivity index (χ3v) is 3.31. The third-order valence-electron chi connectivity index (χ3n) is 3.11. The van der Waals surface area contributed by atoms with Crippen molar-refractivity contribution in [3.63, 3.8) is 0 Å². The van der Waals surface area contributed by atoms with Gasteiger partial charge in [-0.05, 0) is 36.5 Å². The summed E-state index contributed by atoms with van der Waals surface area (Å²) in [6.07, 6.45) is -3.00. The van der Waals surface area contributed by atoms with Crippen LogP contribution in [0.5, 0.6) is 0 Å². The molecule has 2 aromatic rings. The smallest absolute Gasteiger partial charge is 0.416 e. The lowest BCUT2D eigenvalue weighted by Crippen LogP contribution is -2.21. The van der Waals surface area contributed by atoms with Crippen molar-refractivity contribution in [1.82, 2.24) is 10.6 Å². The monoisotopic (exact) mass is 338 g/mol. The fourth-order valence-corrected chi connectivity index (χ4v) is 2.26. The molecule has 23 heavy (non-hydrogen) atoms. The fourth-order valence-electron chi connectivity index (χ4n) is 2.06. The maximum atomic E-state index is 12.7. The Morgan fingerprint density at radius 2 is 1.91 bits per heavy atom. The van der Waals surface area contributed by atoms with Gasteiger partial charge in [0.25, 0.3) is 5.91 Å². The second-order valence-corrected chi connectivity index (χ2v) is 5.16. The predicted molar refractivity (Wildman–Crippen MR) is 81.0 cm³/mol. The fraction of sp³-hybridized carbons (Fsp3) is 0.0667. The van der Waals surface area contributed by atoms with Crippen molar-refractivity contribution < 1.29 is 22.4 Å². The second kappa shape index (κ2) is 5.54. The molecule has 0 spiro atoms. The quantitative estimate of drug-likeness (QED) is 0.652.